The van der Waals surface area contributed by atoms with Gasteiger partial charge in [0.25, 0.3) is 0 Å². The average Bonchev–Trinajstić information content (AvgIpc) is 3.05. The molecule has 2 aromatic heterocycles. The van der Waals surface area contributed by atoms with Gasteiger partial charge in [0.05, 0.1) is 33.1 Å². The molecule has 1 saturated carbocycles. The van der Waals surface area contributed by atoms with E-state index in [2.05, 4.69) is 26.0 Å². The van der Waals surface area contributed by atoms with Crippen LogP contribution in [0, 0.1) is 19.8 Å². The molecule has 0 aliphatic heterocycles. The van der Waals surface area contributed by atoms with E-state index in [-0.39, 0.29) is 11.7 Å². The number of ether oxygens (including phenoxy) is 1. The Bertz CT molecular complexity index is 1300. The van der Waals surface area contributed by atoms with E-state index in [9.17, 15) is 9.90 Å². The van der Waals surface area contributed by atoms with Crippen molar-refractivity contribution in [2.75, 3.05) is 0 Å². The molecule has 152 valence electrons. The molecule has 0 atom stereocenters. The molecule has 30 heavy (non-hydrogen) atoms. The highest BCUT2D eigenvalue weighted by Crippen LogP contribution is 2.41. The van der Waals surface area contributed by atoms with Gasteiger partial charge >= 0.3 is 5.97 Å². The summed E-state index contributed by atoms with van der Waals surface area (Å²) in [5.41, 5.74) is 3.73. The number of hydrogen-bond donors (Lipinski definition) is 1. The third-order valence-corrected chi connectivity index (χ3v) is 7.35. The van der Waals surface area contributed by atoms with Crippen LogP contribution in [0.3, 0.4) is 0 Å². The molecule has 2 heterocycles. The Kier molecular flexibility index (Phi) is 4.51. The highest BCUT2D eigenvalue weighted by molar-refractivity contribution is 7.22. The molecule has 4 nitrogen and oxygen atoms in total. The first-order chi connectivity index (χ1) is 14.4. The Morgan fingerprint density at radius 3 is 2.63 bits per heavy atom. The molecule has 5 heteroatoms. The van der Waals surface area contributed by atoms with Crippen molar-refractivity contribution in [3.8, 4) is 16.3 Å². The highest BCUT2D eigenvalue weighted by atomic mass is 32.1. The van der Waals surface area contributed by atoms with E-state index >= 15 is 0 Å². The van der Waals surface area contributed by atoms with Gasteiger partial charge in [0.2, 0.25) is 0 Å². The van der Waals surface area contributed by atoms with Gasteiger partial charge in [-0.15, -0.1) is 11.3 Å². The average molecular weight is 418 g/mol. The second kappa shape index (κ2) is 7.10. The summed E-state index contributed by atoms with van der Waals surface area (Å²) in [6, 6.07) is 13.8. The smallest absolute Gasteiger partial charge is 0.336 e. The fourth-order valence-electron chi connectivity index (χ4n) is 4.35. The maximum atomic E-state index is 12.3. The summed E-state index contributed by atoms with van der Waals surface area (Å²) in [6.45, 7) is 6.25. The van der Waals surface area contributed by atoms with Gasteiger partial charge in [-0.2, -0.15) is 0 Å². The number of fused-ring (bicyclic) bond motifs is 2. The fourth-order valence-corrected chi connectivity index (χ4v) is 5.52. The lowest BCUT2D eigenvalue weighted by Gasteiger charge is -2.33. The summed E-state index contributed by atoms with van der Waals surface area (Å²) < 4.78 is 7.37. The van der Waals surface area contributed by atoms with Crippen LogP contribution in [-0.2, 0) is 0 Å². The second-order valence-electron chi connectivity index (χ2n) is 8.33. The molecule has 0 saturated heterocycles. The Labute approximate surface area is 179 Å². The van der Waals surface area contributed by atoms with Crippen LogP contribution in [0.25, 0.3) is 31.6 Å². The van der Waals surface area contributed by atoms with Crippen LogP contribution in [0.15, 0.2) is 42.5 Å². The molecule has 1 N–H and O–H groups in total. The SMILES string of the molecule is Cc1c(-c2cc(C(=O)O)c3c(OC4CC(C)C4)ccc(C)c3n2)sc2ccccc12. The maximum Gasteiger partial charge on any atom is 0.336 e. The van der Waals surface area contributed by atoms with Crippen molar-refractivity contribution in [3.63, 3.8) is 0 Å². The lowest BCUT2D eigenvalue weighted by Crippen LogP contribution is -2.32. The summed E-state index contributed by atoms with van der Waals surface area (Å²) in [5.74, 6) is 0.322. The quantitative estimate of drug-likeness (QED) is 0.406. The van der Waals surface area contributed by atoms with E-state index in [0.29, 0.717) is 28.3 Å². The van der Waals surface area contributed by atoms with Gasteiger partial charge in [-0.05, 0) is 67.3 Å². The molecule has 0 amide bonds. The fraction of sp³-hybridized carbons (Fsp3) is 0.280. The van der Waals surface area contributed by atoms with E-state index < -0.39 is 5.97 Å². The number of thiophene rings is 1. The minimum absolute atomic E-state index is 0.150. The van der Waals surface area contributed by atoms with Gasteiger partial charge < -0.3 is 9.84 Å². The van der Waals surface area contributed by atoms with Crippen molar-refractivity contribution in [1.82, 2.24) is 4.98 Å². The highest BCUT2D eigenvalue weighted by Gasteiger charge is 2.29. The summed E-state index contributed by atoms with van der Waals surface area (Å²) >= 11 is 1.65. The molecule has 4 aromatic rings. The molecular weight excluding hydrogens is 394 g/mol. The van der Waals surface area contributed by atoms with E-state index in [4.69, 9.17) is 9.72 Å². The molecule has 1 fully saturated rings. The molecule has 0 spiro atoms. The van der Waals surface area contributed by atoms with E-state index in [1.54, 1.807) is 17.4 Å². The zero-order valence-electron chi connectivity index (χ0n) is 17.2. The van der Waals surface area contributed by atoms with Crippen molar-refractivity contribution in [1.29, 1.82) is 0 Å². The normalized spacial score (nSPS) is 18.5. The number of nitrogens with zero attached hydrogens (tertiary/aromatic N) is 1. The number of benzene rings is 2. The lowest BCUT2D eigenvalue weighted by atomic mass is 9.84. The topological polar surface area (TPSA) is 59.4 Å². The van der Waals surface area contributed by atoms with Crippen molar-refractivity contribution in [3.05, 3.63) is 59.2 Å². The van der Waals surface area contributed by atoms with E-state index in [0.717, 1.165) is 28.8 Å². The number of aromatic nitrogens is 1. The Hall–Kier alpha value is -2.92. The summed E-state index contributed by atoms with van der Waals surface area (Å²) in [4.78, 5) is 18.2. The largest absolute Gasteiger partial charge is 0.490 e. The predicted molar refractivity (Wildman–Crippen MR) is 122 cm³/mol. The van der Waals surface area contributed by atoms with Gasteiger partial charge in [-0.25, -0.2) is 9.78 Å². The minimum Gasteiger partial charge on any atom is -0.490 e. The van der Waals surface area contributed by atoms with Gasteiger partial charge in [0, 0.05) is 4.70 Å². The van der Waals surface area contributed by atoms with Crippen molar-refractivity contribution >= 4 is 38.3 Å². The number of pyridine rings is 1. The van der Waals surface area contributed by atoms with E-state index in [1.807, 2.05) is 31.2 Å². The number of aromatic carboxylic acids is 1. The number of hydrogen-bond acceptors (Lipinski definition) is 4. The standard InChI is InChI=1S/C25H23NO3S/c1-13-10-16(11-13)29-20-9-8-14(2)23-22(20)18(25(27)28)12-19(26-23)24-15(3)17-6-4-5-7-21(17)30-24/h4-9,12-13,16H,10-11H2,1-3H3,(H,27,28). The van der Waals surface area contributed by atoms with Crippen LogP contribution in [0.5, 0.6) is 5.75 Å². The molecule has 5 rings (SSSR count). The van der Waals surface area contributed by atoms with Crippen molar-refractivity contribution < 1.29 is 14.6 Å². The summed E-state index contributed by atoms with van der Waals surface area (Å²) in [7, 11) is 0. The van der Waals surface area contributed by atoms with E-state index in [1.165, 1.54) is 10.1 Å². The summed E-state index contributed by atoms with van der Waals surface area (Å²) in [6.07, 6.45) is 2.16. The first kappa shape index (κ1) is 19.1. The molecule has 1 aliphatic rings. The third-order valence-electron chi connectivity index (χ3n) is 6.05. The van der Waals surface area contributed by atoms with Crippen LogP contribution in [0.2, 0.25) is 0 Å². The first-order valence-corrected chi connectivity index (χ1v) is 11.1. The number of carboxylic acid groups (broad SMARTS) is 1. The molecule has 2 aromatic carbocycles. The van der Waals surface area contributed by atoms with Gasteiger partial charge in [-0.1, -0.05) is 31.2 Å². The number of carbonyl (C=O) groups is 1. The van der Waals surface area contributed by atoms with Crippen LogP contribution in [0.4, 0.5) is 0 Å². The molecule has 0 bridgehead atoms. The minimum atomic E-state index is -0.958. The Morgan fingerprint density at radius 2 is 1.93 bits per heavy atom. The monoisotopic (exact) mass is 417 g/mol. The molecule has 0 radical (unpaired) electrons. The number of rotatable bonds is 4. The zero-order valence-corrected chi connectivity index (χ0v) is 18.0. The van der Waals surface area contributed by atoms with Crippen LogP contribution in [0.1, 0.15) is 41.3 Å². The zero-order chi connectivity index (χ0) is 21.0. The molecule has 0 unspecified atom stereocenters. The predicted octanol–water partition coefficient (Wildman–Crippen LogP) is 6.61. The van der Waals surface area contributed by atoms with Crippen molar-refractivity contribution in [2.24, 2.45) is 5.92 Å². The maximum absolute atomic E-state index is 12.3. The van der Waals surface area contributed by atoms with Gasteiger partial charge in [-0.3, -0.25) is 0 Å². The Morgan fingerprint density at radius 1 is 1.17 bits per heavy atom. The first-order valence-electron chi connectivity index (χ1n) is 10.2. The number of carboxylic acids is 1. The van der Waals surface area contributed by atoms with Crippen molar-refractivity contribution in [2.45, 2.75) is 39.7 Å². The number of aryl methyl sites for hydroxylation is 2. The van der Waals surface area contributed by atoms with Gasteiger partial charge in [0.1, 0.15) is 5.75 Å². The Balaban J connectivity index is 1.72. The van der Waals surface area contributed by atoms with Crippen LogP contribution >= 0.6 is 11.3 Å². The third kappa shape index (κ3) is 3.05. The second-order valence-corrected chi connectivity index (χ2v) is 9.39. The molecule has 1 aliphatic carbocycles. The van der Waals surface area contributed by atoms with Gasteiger partial charge in [0.15, 0.2) is 0 Å². The van der Waals surface area contributed by atoms with Crippen LogP contribution in [-0.4, -0.2) is 22.2 Å². The lowest BCUT2D eigenvalue weighted by molar-refractivity contribution is 0.0690. The van der Waals surface area contributed by atoms with Crippen LogP contribution < -0.4 is 4.74 Å². The molecular formula is C25H23NO3S. The summed E-state index contributed by atoms with van der Waals surface area (Å²) in [5, 5.41) is 11.8.